The largest absolute Gasteiger partial charge is 0.495 e. The van der Waals surface area contributed by atoms with Crippen LogP contribution >= 0.6 is 0 Å². The van der Waals surface area contributed by atoms with Crippen LogP contribution in [0.3, 0.4) is 0 Å². The SMILES string of the molecule is CCCCCC#Cc1ccc(C(C)=O)cc1OC. The van der Waals surface area contributed by atoms with Crippen LogP contribution in [0, 0.1) is 11.8 Å². The first-order valence-electron chi connectivity index (χ1n) is 6.37. The van der Waals surface area contributed by atoms with Crippen LogP contribution in [0.5, 0.6) is 5.75 Å². The monoisotopic (exact) mass is 244 g/mol. The molecule has 18 heavy (non-hydrogen) atoms. The van der Waals surface area contributed by atoms with E-state index in [1.54, 1.807) is 26.2 Å². The molecular weight excluding hydrogens is 224 g/mol. The Morgan fingerprint density at radius 1 is 1.33 bits per heavy atom. The summed E-state index contributed by atoms with van der Waals surface area (Å²) in [5, 5.41) is 0. The number of ketones is 1. The summed E-state index contributed by atoms with van der Waals surface area (Å²) < 4.78 is 5.26. The Morgan fingerprint density at radius 2 is 2.11 bits per heavy atom. The molecule has 96 valence electrons. The minimum absolute atomic E-state index is 0.0377. The third-order valence-corrected chi connectivity index (χ3v) is 2.74. The van der Waals surface area contributed by atoms with Gasteiger partial charge in [-0.2, -0.15) is 0 Å². The molecule has 2 heteroatoms. The predicted molar refractivity (Wildman–Crippen MR) is 74.0 cm³/mol. The average Bonchev–Trinajstić information content (AvgIpc) is 2.38. The molecule has 1 aromatic rings. The van der Waals surface area contributed by atoms with E-state index < -0.39 is 0 Å². The normalized spacial score (nSPS) is 9.50. The van der Waals surface area contributed by atoms with Crippen molar-refractivity contribution in [3.8, 4) is 17.6 Å². The average molecular weight is 244 g/mol. The van der Waals surface area contributed by atoms with Gasteiger partial charge in [0.05, 0.1) is 12.7 Å². The number of benzene rings is 1. The molecule has 0 bridgehead atoms. The molecule has 0 atom stereocenters. The van der Waals surface area contributed by atoms with E-state index in [0.29, 0.717) is 11.3 Å². The number of hydrogen-bond acceptors (Lipinski definition) is 2. The zero-order chi connectivity index (χ0) is 13.4. The first-order valence-corrected chi connectivity index (χ1v) is 6.37. The summed E-state index contributed by atoms with van der Waals surface area (Å²) in [6, 6.07) is 5.39. The summed E-state index contributed by atoms with van der Waals surface area (Å²) in [7, 11) is 1.60. The Balaban J connectivity index is 2.79. The Morgan fingerprint density at radius 3 is 2.72 bits per heavy atom. The Kier molecular flexibility index (Phi) is 6.00. The summed E-state index contributed by atoms with van der Waals surface area (Å²) in [5.41, 5.74) is 1.50. The van der Waals surface area contributed by atoms with Gasteiger partial charge in [-0.3, -0.25) is 4.79 Å². The van der Waals surface area contributed by atoms with Crippen molar-refractivity contribution in [2.24, 2.45) is 0 Å². The highest BCUT2D eigenvalue weighted by Crippen LogP contribution is 2.19. The molecule has 0 heterocycles. The molecule has 0 unspecified atom stereocenters. The van der Waals surface area contributed by atoms with Crippen LogP contribution in [-0.4, -0.2) is 12.9 Å². The summed E-state index contributed by atoms with van der Waals surface area (Å²) in [6.07, 6.45) is 4.47. The minimum Gasteiger partial charge on any atom is -0.495 e. The molecule has 0 saturated carbocycles. The molecule has 1 rings (SSSR count). The van der Waals surface area contributed by atoms with E-state index >= 15 is 0 Å². The van der Waals surface area contributed by atoms with Gasteiger partial charge in [0.15, 0.2) is 5.78 Å². The van der Waals surface area contributed by atoms with Crippen molar-refractivity contribution in [3.63, 3.8) is 0 Å². The fourth-order valence-electron chi connectivity index (χ4n) is 1.63. The van der Waals surface area contributed by atoms with Crippen molar-refractivity contribution in [3.05, 3.63) is 29.3 Å². The van der Waals surface area contributed by atoms with Crippen molar-refractivity contribution in [2.45, 2.75) is 39.5 Å². The van der Waals surface area contributed by atoms with Gasteiger partial charge in [-0.25, -0.2) is 0 Å². The summed E-state index contributed by atoms with van der Waals surface area (Å²) >= 11 is 0. The number of ether oxygens (including phenoxy) is 1. The Labute approximate surface area is 109 Å². The van der Waals surface area contributed by atoms with Crippen LogP contribution in [0.2, 0.25) is 0 Å². The third kappa shape index (κ3) is 4.25. The van der Waals surface area contributed by atoms with Gasteiger partial charge in [0, 0.05) is 12.0 Å². The van der Waals surface area contributed by atoms with Gasteiger partial charge in [-0.15, -0.1) is 0 Å². The molecule has 0 saturated heterocycles. The van der Waals surface area contributed by atoms with Crippen LogP contribution < -0.4 is 4.74 Å². The van der Waals surface area contributed by atoms with E-state index in [1.165, 1.54) is 12.8 Å². The van der Waals surface area contributed by atoms with E-state index in [1.807, 2.05) is 6.07 Å². The fraction of sp³-hybridized carbons (Fsp3) is 0.438. The van der Waals surface area contributed by atoms with E-state index in [2.05, 4.69) is 18.8 Å². The molecule has 0 aliphatic carbocycles. The van der Waals surface area contributed by atoms with Gasteiger partial charge < -0.3 is 4.74 Å². The summed E-state index contributed by atoms with van der Waals surface area (Å²) in [4.78, 5) is 11.3. The molecule has 0 radical (unpaired) electrons. The lowest BCUT2D eigenvalue weighted by Gasteiger charge is -2.04. The highest BCUT2D eigenvalue weighted by atomic mass is 16.5. The zero-order valence-electron chi connectivity index (χ0n) is 11.4. The molecule has 2 nitrogen and oxygen atoms in total. The number of rotatable bonds is 5. The van der Waals surface area contributed by atoms with Crippen molar-refractivity contribution in [2.75, 3.05) is 7.11 Å². The van der Waals surface area contributed by atoms with E-state index in [9.17, 15) is 4.79 Å². The molecule has 0 fully saturated rings. The second-order valence-electron chi connectivity index (χ2n) is 4.23. The molecule has 1 aromatic carbocycles. The maximum absolute atomic E-state index is 11.3. The highest BCUT2D eigenvalue weighted by Gasteiger charge is 2.04. The van der Waals surface area contributed by atoms with Crippen molar-refractivity contribution < 1.29 is 9.53 Å². The van der Waals surface area contributed by atoms with E-state index in [0.717, 1.165) is 18.4 Å². The lowest BCUT2D eigenvalue weighted by molar-refractivity contribution is 0.101. The number of Topliss-reactive ketones (excluding diaryl/α,β-unsaturated/α-hetero) is 1. The summed E-state index contributed by atoms with van der Waals surface area (Å²) in [6.45, 7) is 3.72. The number of carbonyl (C=O) groups excluding carboxylic acids is 1. The zero-order valence-corrected chi connectivity index (χ0v) is 11.4. The topological polar surface area (TPSA) is 26.3 Å². The molecule has 0 spiro atoms. The van der Waals surface area contributed by atoms with Crippen LogP contribution in [0.4, 0.5) is 0 Å². The van der Waals surface area contributed by atoms with Gasteiger partial charge in [-0.05, 0) is 31.5 Å². The number of hydrogen-bond donors (Lipinski definition) is 0. The first-order chi connectivity index (χ1) is 8.69. The van der Waals surface area contributed by atoms with Crippen molar-refractivity contribution in [1.29, 1.82) is 0 Å². The predicted octanol–water partition coefficient (Wildman–Crippen LogP) is 3.83. The van der Waals surface area contributed by atoms with Crippen LogP contribution in [0.25, 0.3) is 0 Å². The maximum atomic E-state index is 11.3. The van der Waals surface area contributed by atoms with Gasteiger partial charge in [0.1, 0.15) is 5.75 Å². The van der Waals surface area contributed by atoms with Crippen LogP contribution in [-0.2, 0) is 0 Å². The van der Waals surface area contributed by atoms with E-state index in [4.69, 9.17) is 4.74 Å². The van der Waals surface area contributed by atoms with E-state index in [-0.39, 0.29) is 5.78 Å². The van der Waals surface area contributed by atoms with Crippen molar-refractivity contribution >= 4 is 5.78 Å². The smallest absolute Gasteiger partial charge is 0.159 e. The van der Waals surface area contributed by atoms with Crippen molar-refractivity contribution in [1.82, 2.24) is 0 Å². The first kappa shape index (κ1) is 14.3. The van der Waals surface area contributed by atoms with Gasteiger partial charge in [-0.1, -0.05) is 31.6 Å². The van der Waals surface area contributed by atoms with Gasteiger partial charge in [0.25, 0.3) is 0 Å². The standard InChI is InChI=1S/C16H20O2/c1-4-5-6-7-8-9-14-10-11-15(13(2)17)12-16(14)18-3/h10-12H,4-7H2,1-3H3. The fourth-order valence-corrected chi connectivity index (χ4v) is 1.63. The van der Waals surface area contributed by atoms with Crippen LogP contribution in [0.1, 0.15) is 55.5 Å². The second-order valence-corrected chi connectivity index (χ2v) is 4.23. The second kappa shape index (κ2) is 7.55. The van der Waals surface area contributed by atoms with Crippen LogP contribution in [0.15, 0.2) is 18.2 Å². The maximum Gasteiger partial charge on any atom is 0.159 e. The number of unbranched alkanes of at least 4 members (excludes halogenated alkanes) is 3. The lowest BCUT2D eigenvalue weighted by Crippen LogP contribution is -1.95. The quantitative estimate of drug-likeness (QED) is 0.447. The summed E-state index contributed by atoms with van der Waals surface area (Å²) in [5.74, 6) is 6.96. The molecule has 0 amide bonds. The highest BCUT2D eigenvalue weighted by molar-refractivity contribution is 5.94. The molecule has 0 N–H and O–H groups in total. The molecule has 0 aliphatic rings. The molecule has 0 aliphatic heterocycles. The molecular formula is C16H20O2. The van der Waals surface area contributed by atoms with Gasteiger partial charge >= 0.3 is 0 Å². The lowest BCUT2D eigenvalue weighted by atomic mass is 10.1. The Bertz CT molecular complexity index is 464. The third-order valence-electron chi connectivity index (χ3n) is 2.74. The Hall–Kier alpha value is -1.75. The number of methoxy groups -OCH3 is 1. The minimum atomic E-state index is 0.0377. The van der Waals surface area contributed by atoms with Gasteiger partial charge in [0.2, 0.25) is 0 Å². The number of carbonyl (C=O) groups is 1. The molecule has 0 aromatic heterocycles.